The van der Waals surface area contributed by atoms with E-state index in [1.54, 1.807) is 6.07 Å². The second-order valence-corrected chi connectivity index (χ2v) is 4.49. The lowest BCUT2D eigenvalue weighted by molar-refractivity contribution is -0.386. The van der Waals surface area contributed by atoms with Crippen LogP contribution in [0.1, 0.15) is 16.7 Å². The molecule has 0 saturated carbocycles. The summed E-state index contributed by atoms with van der Waals surface area (Å²) in [4.78, 5) is 10.5. The van der Waals surface area contributed by atoms with Crippen LogP contribution in [0.2, 0.25) is 0 Å². The van der Waals surface area contributed by atoms with Crippen molar-refractivity contribution in [2.75, 3.05) is 0 Å². The Bertz CT molecular complexity index is 608. The van der Waals surface area contributed by atoms with E-state index in [9.17, 15) is 10.1 Å². The zero-order valence-corrected chi connectivity index (χ0v) is 11.1. The fraction of sp³-hybridized carbons (Fsp3) is 0.200. The van der Waals surface area contributed by atoms with Crippen molar-refractivity contribution in [3.63, 3.8) is 0 Å². The van der Waals surface area contributed by atoms with Gasteiger partial charge in [0.15, 0.2) is 5.75 Å². The second-order valence-electron chi connectivity index (χ2n) is 4.49. The molecule has 20 heavy (non-hydrogen) atoms. The zero-order valence-electron chi connectivity index (χ0n) is 11.1. The molecular formula is C15H15NO4. The van der Waals surface area contributed by atoms with E-state index < -0.39 is 4.92 Å². The minimum atomic E-state index is -0.510. The van der Waals surface area contributed by atoms with Crippen molar-refractivity contribution in [1.82, 2.24) is 0 Å². The van der Waals surface area contributed by atoms with Crippen LogP contribution in [0.15, 0.2) is 42.5 Å². The third-order valence-corrected chi connectivity index (χ3v) is 2.92. The summed E-state index contributed by atoms with van der Waals surface area (Å²) in [5, 5.41) is 20.0. The lowest BCUT2D eigenvalue weighted by Crippen LogP contribution is -2.00. The highest BCUT2D eigenvalue weighted by Crippen LogP contribution is 2.28. The Balaban J connectivity index is 2.16. The number of nitro benzene ring substituents is 1. The van der Waals surface area contributed by atoms with Gasteiger partial charge in [0.25, 0.3) is 0 Å². The molecular weight excluding hydrogens is 258 g/mol. The van der Waals surface area contributed by atoms with Crippen LogP contribution >= 0.6 is 0 Å². The summed E-state index contributed by atoms with van der Waals surface area (Å²) < 4.78 is 5.50. The maximum atomic E-state index is 11.0. The number of rotatable bonds is 5. The lowest BCUT2D eigenvalue weighted by atomic mass is 10.1. The van der Waals surface area contributed by atoms with Gasteiger partial charge in [0.05, 0.1) is 11.5 Å². The predicted molar refractivity (Wildman–Crippen MR) is 74.5 cm³/mol. The van der Waals surface area contributed by atoms with Gasteiger partial charge in [0, 0.05) is 6.07 Å². The molecule has 0 radical (unpaired) electrons. The highest BCUT2D eigenvalue weighted by atomic mass is 16.6. The fourth-order valence-corrected chi connectivity index (χ4v) is 1.77. The summed E-state index contributed by atoms with van der Waals surface area (Å²) in [6, 6.07) is 12.2. The quantitative estimate of drug-likeness (QED) is 0.671. The molecule has 0 saturated heterocycles. The SMILES string of the molecule is Cc1ccc(COc2ccc(CO)cc2[N+](=O)[O-])cc1. The normalized spacial score (nSPS) is 10.3. The molecule has 5 nitrogen and oxygen atoms in total. The molecule has 0 aliphatic carbocycles. The fourth-order valence-electron chi connectivity index (χ4n) is 1.77. The summed E-state index contributed by atoms with van der Waals surface area (Å²) in [6.45, 7) is 2.02. The van der Waals surface area contributed by atoms with Crippen molar-refractivity contribution in [3.05, 3.63) is 69.3 Å². The maximum Gasteiger partial charge on any atom is 0.311 e. The summed E-state index contributed by atoms with van der Waals surface area (Å²) in [5.41, 5.74) is 2.44. The molecule has 104 valence electrons. The van der Waals surface area contributed by atoms with E-state index in [4.69, 9.17) is 9.84 Å². The topological polar surface area (TPSA) is 72.6 Å². The van der Waals surface area contributed by atoms with Crippen LogP contribution < -0.4 is 4.74 Å². The highest BCUT2D eigenvalue weighted by molar-refractivity contribution is 5.48. The molecule has 2 aromatic rings. The smallest absolute Gasteiger partial charge is 0.311 e. The molecule has 0 aliphatic heterocycles. The number of nitrogens with zero attached hydrogens (tertiary/aromatic N) is 1. The molecule has 0 aliphatic rings. The standard InChI is InChI=1S/C15H15NO4/c1-11-2-4-12(5-3-11)10-20-15-7-6-13(9-17)8-14(15)16(18)19/h2-8,17H,9-10H2,1H3. The van der Waals surface area contributed by atoms with E-state index in [1.807, 2.05) is 31.2 Å². The first kappa shape index (κ1) is 14.0. The summed E-state index contributed by atoms with van der Waals surface area (Å²) in [6.07, 6.45) is 0. The van der Waals surface area contributed by atoms with Crippen LogP contribution in [0.25, 0.3) is 0 Å². The van der Waals surface area contributed by atoms with Crippen LogP contribution in [0.4, 0.5) is 5.69 Å². The first-order valence-electron chi connectivity index (χ1n) is 6.16. The summed E-state index contributed by atoms with van der Waals surface area (Å²) in [7, 11) is 0. The van der Waals surface area contributed by atoms with Crippen molar-refractivity contribution in [2.45, 2.75) is 20.1 Å². The molecule has 0 fully saturated rings. The monoisotopic (exact) mass is 273 g/mol. The van der Waals surface area contributed by atoms with Crippen molar-refractivity contribution < 1.29 is 14.8 Å². The van der Waals surface area contributed by atoms with Gasteiger partial charge in [-0.15, -0.1) is 0 Å². The Morgan fingerprint density at radius 1 is 1.15 bits per heavy atom. The molecule has 0 aromatic heterocycles. The summed E-state index contributed by atoms with van der Waals surface area (Å²) in [5.74, 6) is 0.202. The molecule has 0 bridgehead atoms. The molecule has 0 heterocycles. The number of aliphatic hydroxyl groups excluding tert-OH is 1. The van der Waals surface area contributed by atoms with E-state index in [0.717, 1.165) is 11.1 Å². The number of aryl methyl sites for hydroxylation is 1. The zero-order chi connectivity index (χ0) is 14.5. The Labute approximate surface area is 116 Å². The van der Waals surface area contributed by atoms with Crippen LogP contribution in [0.5, 0.6) is 5.75 Å². The van der Waals surface area contributed by atoms with Gasteiger partial charge in [-0.05, 0) is 24.1 Å². The average molecular weight is 273 g/mol. The molecule has 2 aromatic carbocycles. The minimum absolute atomic E-state index is 0.135. The number of nitro groups is 1. The largest absolute Gasteiger partial charge is 0.482 e. The van der Waals surface area contributed by atoms with E-state index in [0.29, 0.717) is 5.56 Å². The summed E-state index contributed by atoms with van der Waals surface area (Å²) >= 11 is 0. The third kappa shape index (κ3) is 3.33. The molecule has 0 unspecified atom stereocenters. The first-order valence-corrected chi connectivity index (χ1v) is 6.16. The Kier molecular flexibility index (Phi) is 4.32. The van der Waals surface area contributed by atoms with E-state index in [1.165, 1.54) is 12.1 Å². The van der Waals surface area contributed by atoms with Crippen molar-refractivity contribution in [3.8, 4) is 5.75 Å². The second kappa shape index (κ2) is 6.16. The van der Waals surface area contributed by atoms with Gasteiger partial charge in [0.2, 0.25) is 0 Å². The number of benzene rings is 2. The van der Waals surface area contributed by atoms with Crippen LogP contribution in [-0.2, 0) is 13.2 Å². The molecule has 2 rings (SSSR count). The van der Waals surface area contributed by atoms with Crippen LogP contribution in [0, 0.1) is 17.0 Å². The molecule has 0 atom stereocenters. The van der Waals surface area contributed by atoms with Gasteiger partial charge in [-0.25, -0.2) is 0 Å². The Morgan fingerprint density at radius 3 is 2.40 bits per heavy atom. The van der Waals surface area contributed by atoms with E-state index in [-0.39, 0.29) is 24.7 Å². The maximum absolute atomic E-state index is 11.0. The van der Waals surface area contributed by atoms with E-state index in [2.05, 4.69) is 0 Å². The van der Waals surface area contributed by atoms with Gasteiger partial charge in [-0.3, -0.25) is 10.1 Å². The average Bonchev–Trinajstić information content (AvgIpc) is 2.46. The number of hydrogen-bond acceptors (Lipinski definition) is 4. The number of hydrogen-bond donors (Lipinski definition) is 1. The van der Waals surface area contributed by atoms with Gasteiger partial charge in [0.1, 0.15) is 6.61 Å². The van der Waals surface area contributed by atoms with E-state index >= 15 is 0 Å². The third-order valence-electron chi connectivity index (χ3n) is 2.92. The minimum Gasteiger partial charge on any atom is -0.482 e. The van der Waals surface area contributed by atoms with Crippen LogP contribution in [-0.4, -0.2) is 10.0 Å². The lowest BCUT2D eigenvalue weighted by Gasteiger charge is -2.08. The van der Waals surface area contributed by atoms with Gasteiger partial charge < -0.3 is 9.84 Å². The Morgan fingerprint density at radius 2 is 1.80 bits per heavy atom. The first-order chi connectivity index (χ1) is 9.60. The van der Waals surface area contributed by atoms with Gasteiger partial charge in [-0.2, -0.15) is 0 Å². The van der Waals surface area contributed by atoms with Crippen molar-refractivity contribution in [1.29, 1.82) is 0 Å². The molecule has 0 spiro atoms. The predicted octanol–water partition coefficient (Wildman–Crippen LogP) is 2.97. The van der Waals surface area contributed by atoms with Crippen molar-refractivity contribution >= 4 is 5.69 Å². The molecule has 1 N–H and O–H groups in total. The Hall–Kier alpha value is -2.40. The highest BCUT2D eigenvalue weighted by Gasteiger charge is 2.15. The number of ether oxygens (including phenoxy) is 1. The number of aliphatic hydroxyl groups is 1. The van der Waals surface area contributed by atoms with Gasteiger partial charge in [-0.1, -0.05) is 35.9 Å². The molecule has 5 heteroatoms. The van der Waals surface area contributed by atoms with Crippen LogP contribution in [0.3, 0.4) is 0 Å². The van der Waals surface area contributed by atoms with Crippen molar-refractivity contribution in [2.24, 2.45) is 0 Å². The molecule has 0 amide bonds. The van der Waals surface area contributed by atoms with Gasteiger partial charge >= 0.3 is 5.69 Å².